The highest BCUT2D eigenvalue weighted by molar-refractivity contribution is 5.93. The van der Waals surface area contributed by atoms with Crippen LogP contribution in [0.15, 0.2) is 24.3 Å². The fourth-order valence-electron chi connectivity index (χ4n) is 4.60. The Morgan fingerprint density at radius 1 is 0.966 bits per heavy atom. The molecular weight excluding hydrogens is 366 g/mol. The highest BCUT2D eigenvalue weighted by Gasteiger charge is 2.32. The Kier molecular flexibility index (Phi) is 6.38. The predicted octanol–water partition coefficient (Wildman–Crippen LogP) is 3.28. The van der Waals surface area contributed by atoms with E-state index in [4.69, 9.17) is 4.74 Å². The molecule has 3 saturated heterocycles. The average Bonchev–Trinajstić information content (AvgIpc) is 3.29. The Bertz CT molecular complexity index is 699. The van der Waals surface area contributed by atoms with E-state index < -0.39 is 0 Å². The van der Waals surface area contributed by atoms with E-state index in [1.165, 1.54) is 18.5 Å². The first kappa shape index (κ1) is 20.2. The molecule has 1 atom stereocenters. The molecular formula is C23H33N3O3. The van der Waals surface area contributed by atoms with E-state index in [-0.39, 0.29) is 23.8 Å². The molecule has 3 aliphatic heterocycles. The number of amides is 2. The van der Waals surface area contributed by atoms with E-state index in [1.54, 1.807) is 0 Å². The molecule has 0 aromatic heterocycles. The van der Waals surface area contributed by atoms with Gasteiger partial charge in [-0.25, -0.2) is 0 Å². The lowest BCUT2D eigenvalue weighted by molar-refractivity contribution is -0.143. The molecule has 0 saturated carbocycles. The first-order valence-corrected chi connectivity index (χ1v) is 11.2. The van der Waals surface area contributed by atoms with Crippen LogP contribution in [0.2, 0.25) is 0 Å². The van der Waals surface area contributed by atoms with E-state index in [2.05, 4.69) is 29.3 Å². The average molecular weight is 400 g/mol. The molecule has 0 aliphatic carbocycles. The molecule has 158 valence electrons. The number of benzene rings is 1. The van der Waals surface area contributed by atoms with Crippen molar-refractivity contribution in [2.24, 2.45) is 11.8 Å². The van der Waals surface area contributed by atoms with Crippen molar-refractivity contribution in [3.05, 3.63) is 24.3 Å². The molecule has 1 aromatic rings. The maximum absolute atomic E-state index is 12.7. The summed E-state index contributed by atoms with van der Waals surface area (Å²) in [6, 6.07) is 8.21. The summed E-state index contributed by atoms with van der Waals surface area (Å²) in [4.78, 5) is 29.4. The molecule has 6 heteroatoms. The van der Waals surface area contributed by atoms with Crippen LogP contribution in [-0.4, -0.2) is 55.6 Å². The van der Waals surface area contributed by atoms with Crippen molar-refractivity contribution < 1.29 is 14.3 Å². The maximum Gasteiger partial charge on any atom is 0.251 e. The van der Waals surface area contributed by atoms with Gasteiger partial charge in [-0.1, -0.05) is 6.92 Å². The van der Waals surface area contributed by atoms with Crippen LogP contribution in [-0.2, 0) is 14.3 Å². The Morgan fingerprint density at radius 2 is 1.66 bits per heavy atom. The van der Waals surface area contributed by atoms with Gasteiger partial charge in [0.25, 0.3) is 5.91 Å². The summed E-state index contributed by atoms with van der Waals surface area (Å²) in [5.74, 6) is 0.946. The number of piperidine rings is 2. The fraction of sp³-hybridized carbons (Fsp3) is 0.652. The summed E-state index contributed by atoms with van der Waals surface area (Å²) in [6.07, 6.45) is 5.44. The Morgan fingerprint density at radius 3 is 2.28 bits per heavy atom. The van der Waals surface area contributed by atoms with Gasteiger partial charge in [-0.15, -0.1) is 0 Å². The number of nitrogens with zero attached hydrogens (tertiary/aromatic N) is 2. The zero-order valence-electron chi connectivity index (χ0n) is 17.4. The van der Waals surface area contributed by atoms with Crippen molar-refractivity contribution in [1.82, 2.24) is 4.90 Å². The number of likely N-dealkylation sites (tertiary alicyclic amines) is 1. The minimum atomic E-state index is -0.262. The number of hydrogen-bond acceptors (Lipinski definition) is 4. The highest BCUT2D eigenvalue weighted by atomic mass is 16.5. The van der Waals surface area contributed by atoms with E-state index in [9.17, 15) is 9.59 Å². The normalized spacial score (nSPS) is 24.0. The van der Waals surface area contributed by atoms with Gasteiger partial charge in [0.05, 0.1) is 0 Å². The molecule has 6 nitrogen and oxygen atoms in total. The minimum Gasteiger partial charge on any atom is -0.372 e. The third-order valence-corrected chi connectivity index (χ3v) is 6.67. The van der Waals surface area contributed by atoms with Gasteiger partial charge in [0, 0.05) is 50.1 Å². The summed E-state index contributed by atoms with van der Waals surface area (Å²) in [5.41, 5.74) is 2.08. The van der Waals surface area contributed by atoms with Crippen LogP contribution in [0.5, 0.6) is 0 Å². The molecule has 3 fully saturated rings. The molecule has 3 aliphatic rings. The summed E-state index contributed by atoms with van der Waals surface area (Å²) in [7, 11) is 0. The number of ether oxygens (including phenoxy) is 1. The van der Waals surface area contributed by atoms with Crippen molar-refractivity contribution in [2.45, 2.75) is 51.6 Å². The molecule has 0 radical (unpaired) electrons. The molecule has 0 bridgehead atoms. The SMILES string of the molecule is CC1CCN(c2ccc(NC(=O)C3CCN(C(=O)C4CCCO4)CC3)cc2)CC1. The van der Waals surface area contributed by atoms with Crippen LogP contribution in [0.3, 0.4) is 0 Å². The van der Waals surface area contributed by atoms with Gasteiger partial charge in [0.1, 0.15) is 6.10 Å². The van der Waals surface area contributed by atoms with Gasteiger partial charge < -0.3 is 19.9 Å². The third-order valence-electron chi connectivity index (χ3n) is 6.67. The first-order valence-electron chi connectivity index (χ1n) is 11.2. The van der Waals surface area contributed by atoms with Crippen molar-refractivity contribution in [1.29, 1.82) is 0 Å². The molecule has 1 aromatic carbocycles. The van der Waals surface area contributed by atoms with Gasteiger partial charge in [-0.3, -0.25) is 9.59 Å². The molecule has 1 unspecified atom stereocenters. The summed E-state index contributed by atoms with van der Waals surface area (Å²) >= 11 is 0. The molecule has 4 rings (SSSR count). The molecule has 3 heterocycles. The quantitative estimate of drug-likeness (QED) is 0.844. The number of hydrogen-bond donors (Lipinski definition) is 1. The number of nitrogens with one attached hydrogen (secondary N) is 1. The molecule has 2 amide bonds. The lowest BCUT2D eigenvalue weighted by Gasteiger charge is -2.33. The van der Waals surface area contributed by atoms with E-state index in [0.717, 1.165) is 37.5 Å². The second-order valence-corrected chi connectivity index (χ2v) is 8.81. The number of anilines is 2. The third kappa shape index (κ3) is 4.92. The molecule has 1 N–H and O–H groups in total. The van der Waals surface area contributed by atoms with E-state index in [0.29, 0.717) is 32.5 Å². The van der Waals surface area contributed by atoms with Crippen LogP contribution < -0.4 is 10.2 Å². The van der Waals surface area contributed by atoms with Gasteiger partial charge >= 0.3 is 0 Å². The van der Waals surface area contributed by atoms with Gasteiger partial charge in [-0.2, -0.15) is 0 Å². The zero-order valence-corrected chi connectivity index (χ0v) is 17.4. The van der Waals surface area contributed by atoms with Gasteiger partial charge in [0.2, 0.25) is 5.91 Å². The van der Waals surface area contributed by atoms with Gasteiger partial charge in [0.15, 0.2) is 0 Å². The second-order valence-electron chi connectivity index (χ2n) is 8.81. The zero-order chi connectivity index (χ0) is 20.2. The van der Waals surface area contributed by atoms with Crippen molar-refractivity contribution in [3.8, 4) is 0 Å². The lowest BCUT2D eigenvalue weighted by atomic mass is 9.95. The van der Waals surface area contributed by atoms with Crippen molar-refractivity contribution >= 4 is 23.2 Å². The van der Waals surface area contributed by atoms with Crippen molar-refractivity contribution in [3.63, 3.8) is 0 Å². The monoisotopic (exact) mass is 399 g/mol. The van der Waals surface area contributed by atoms with Crippen LogP contribution in [0, 0.1) is 11.8 Å². The highest BCUT2D eigenvalue weighted by Crippen LogP contribution is 2.26. The van der Waals surface area contributed by atoms with E-state index >= 15 is 0 Å². The Labute approximate surface area is 173 Å². The van der Waals surface area contributed by atoms with Gasteiger partial charge in [-0.05, 0) is 68.7 Å². The molecule has 0 spiro atoms. The summed E-state index contributed by atoms with van der Waals surface area (Å²) in [6.45, 7) is 6.50. The second kappa shape index (κ2) is 9.16. The van der Waals surface area contributed by atoms with E-state index in [1.807, 2.05) is 17.0 Å². The topological polar surface area (TPSA) is 61.9 Å². The number of carbonyl (C=O) groups excluding carboxylic acids is 2. The first-order chi connectivity index (χ1) is 14.1. The summed E-state index contributed by atoms with van der Waals surface area (Å²) in [5, 5.41) is 3.06. The fourth-order valence-corrected chi connectivity index (χ4v) is 4.60. The van der Waals surface area contributed by atoms with Crippen LogP contribution in [0.4, 0.5) is 11.4 Å². The van der Waals surface area contributed by atoms with Crippen LogP contribution in [0.1, 0.15) is 45.4 Å². The maximum atomic E-state index is 12.7. The lowest BCUT2D eigenvalue weighted by Crippen LogP contribution is -2.45. The minimum absolute atomic E-state index is 0.0354. The van der Waals surface area contributed by atoms with Crippen LogP contribution >= 0.6 is 0 Å². The molecule has 29 heavy (non-hydrogen) atoms. The largest absolute Gasteiger partial charge is 0.372 e. The Hall–Kier alpha value is -2.08. The Balaban J connectivity index is 1.25. The number of carbonyl (C=O) groups is 2. The summed E-state index contributed by atoms with van der Waals surface area (Å²) < 4.78 is 5.51. The predicted molar refractivity (Wildman–Crippen MR) is 114 cm³/mol. The van der Waals surface area contributed by atoms with Crippen molar-refractivity contribution in [2.75, 3.05) is 43.0 Å². The standard InChI is InChI=1S/C23H33N3O3/c1-17-8-12-25(13-9-17)20-6-4-19(5-7-20)24-22(27)18-10-14-26(15-11-18)23(28)21-3-2-16-29-21/h4-7,17-18,21H,2-3,8-16H2,1H3,(H,24,27). The smallest absolute Gasteiger partial charge is 0.251 e. The number of rotatable bonds is 4. The van der Waals surface area contributed by atoms with Crippen LogP contribution in [0.25, 0.3) is 0 Å².